The fraction of sp³-hybridized carbons (Fsp3) is 0.794. The van der Waals surface area contributed by atoms with E-state index < -0.39 is 180 Å². The first kappa shape index (κ1) is 84.2. The minimum atomic E-state index is -1.67. The lowest BCUT2D eigenvalue weighted by atomic mass is 9.91. The van der Waals surface area contributed by atoms with E-state index in [1.165, 1.54) is 94.6 Å². The van der Waals surface area contributed by atoms with Crippen LogP contribution in [0.1, 0.15) is 163 Å². The van der Waals surface area contributed by atoms with Gasteiger partial charge in [-0.3, -0.25) is 52.7 Å². The Hall–Kier alpha value is -6.90. The van der Waals surface area contributed by atoms with Crippen molar-refractivity contribution in [3.63, 3.8) is 0 Å². The molecule has 14 atom stereocenters. The van der Waals surface area contributed by atoms with Gasteiger partial charge in [-0.1, -0.05) is 102 Å². The summed E-state index contributed by atoms with van der Waals surface area (Å²) < 4.78 is 5.73. The molecule has 0 bridgehead atoms. The summed E-state index contributed by atoms with van der Waals surface area (Å²) >= 11 is 0. The predicted molar refractivity (Wildman–Crippen MR) is 361 cm³/mol. The van der Waals surface area contributed by atoms with Crippen molar-refractivity contribution >= 4 is 71.1 Å². The number of aliphatic hydroxyl groups excluding tert-OH is 2. The van der Waals surface area contributed by atoms with E-state index in [-0.39, 0.29) is 62.9 Å². The molecule has 0 aromatic carbocycles. The van der Waals surface area contributed by atoms with Crippen molar-refractivity contribution in [1.82, 2.24) is 60.5 Å². The van der Waals surface area contributed by atoms with Gasteiger partial charge in [0.15, 0.2) is 0 Å². The number of likely N-dealkylation sites (N-methyl/N-ethyl adjacent to an activating group) is 7. The summed E-state index contributed by atoms with van der Waals surface area (Å²) in [4.78, 5) is 186. The lowest BCUT2D eigenvalue weighted by Gasteiger charge is -2.41. The Labute approximate surface area is 565 Å². The summed E-state index contributed by atoms with van der Waals surface area (Å²) in [5.41, 5.74) is 0. The lowest BCUT2D eigenvalue weighted by Crippen LogP contribution is -2.64. The molecule has 0 aliphatic carbocycles. The van der Waals surface area contributed by atoms with Crippen molar-refractivity contribution < 1.29 is 72.5 Å². The quantitative estimate of drug-likeness (QED) is 0.121. The van der Waals surface area contributed by atoms with E-state index in [0.29, 0.717) is 12.8 Å². The first-order valence-electron chi connectivity index (χ1n) is 34.0. The van der Waals surface area contributed by atoms with Crippen LogP contribution in [0.5, 0.6) is 0 Å². The second-order valence-electron chi connectivity index (χ2n) is 28.5. The van der Waals surface area contributed by atoms with Gasteiger partial charge in [0.25, 0.3) is 0 Å². The van der Waals surface area contributed by atoms with E-state index in [9.17, 15) is 43.8 Å². The van der Waals surface area contributed by atoms with Crippen molar-refractivity contribution in [3.05, 3.63) is 12.2 Å². The molecule has 2 aliphatic heterocycles. The van der Waals surface area contributed by atoms with E-state index in [0.717, 1.165) is 14.7 Å². The molecule has 2 fully saturated rings. The first-order chi connectivity index (χ1) is 44.0. The van der Waals surface area contributed by atoms with E-state index in [2.05, 4.69) is 21.3 Å². The topological polar surface area (TPSA) is 329 Å². The van der Waals surface area contributed by atoms with Crippen LogP contribution in [0.25, 0.3) is 0 Å². The highest BCUT2D eigenvalue weighted by atomic mass is 16.6. The third-order valence-electron chi connectivity index (χ3n) is 18.5. The van der Waals surface area contributed by atoms with Crippen molar-refractivity contribution in [1.29, 1.82) is 0 Å². The molecule has 2 heterocycles. The van der Waals surface area contributed by atoms with Crippen LogP contribution >= 0.6 is 0 Å². The number of piperidine rings is 1. The molecule has 0 radical (unpaired) electrons. The molecule has 0 spiro atoms. The molecule has 95 heavy (non-hydrogen) atoms. The molecular formula is C68H120N12O15. The summed E-state index contributed by atoms with van der Waals surface area (Å²) in [5.74, 6) is -11.7. The van der Waals surface area contributed by atoms with E-state index in [1.54, 1.807) is 67.5 Å². The Balaban J connectivity index is 3.05. The average Bonchev–Trinajstić information content (AvgIpc) is 0.822. The summed E-state index contributed by atoms with van der Waals surface area (Å²) in [5, 5.41) is 33.2. The number of amides is 12. The van der Waals surface area contributed by atoms with Gasteiger partial charge >= 0.3 is 6.09 Å². The lowest BCUT2D eigenvalue weighted by molar-refractivity contribution is -0.157. The van der Waals surface area contributed by atoms with Crippen LogP contribution in [-0.2, 0) is 57.5 Å². The number of ether oxygens (including phenoxy) is 1. The average molecular weight is 1350 g/mol. The molecule has 27 nitrogen and oxygen atoms in total. The third kappa shape index (κ3) is 22.9. The van der Waals surface area contributed by atoms with Gasteiger partial charge in [0.2, 0.25) is 65.0 Å². The molecule has 542 valence electrons. The van der Waals surface area contributed by atoms with Crippen LogP contribution in [0.2, 0.25) is 0 Å². The maximum atomic E-state index is 15.3. The molecule has 6 N–H and O–H groups in total. The fourth-order valence-corrected chi connectivity index (χ4v) is 12.2. The maximum Gasteiger partial charge on any atom is 0.409 e. The second kappa shape index (κ2) is 38.1. The molecule has 0 aromatic rings. The zero-order valence-electron chi connectivity index (χ0n) is 61.6. The highest BCUT2D eigenvalue weighted by molar-refractivity contribution is 6.00. The van der Waals surface area contributed by atoms with Crippen molar-refractivity contribution in [2.24, 2.45) is 41.4 Å². The van der Waals surface area contributed by atoms with Crippen LogP contribution in [-0.4, -0.2) is 268 Å². The van der Waals surface area contributed by atoms with Gasteiger partial charge in [0.1, 0.15) is 66.5 Å². The van der Waals surface area contributed by atoms with Crippen LogP contribution in [0.15, 0.2) is 12.2 Å². The summed E-state index contributed by atoms with van der Waals surface area (Å²) in [6.07, 6.45) is 1.91. The Morgan fingerprint density at radius 1 is 0.516 bits per heavy atom. The standard InChI is InChI=1S/C68H120N12O15/c1-25-27-28-42(13)56(82)55-60(86)71-48(26-2)63(89)73(18)46(17)62(88)78(23)54(43(14)36-95-68(94)80-31-29-47(81)30-32-80)59(85)72-52(40(9)10)66(92)74(19)49(33-37(3)4)58(84)69-44(15)57(83)70-45(16)61(87)75(20)50(34-38(5)6)64(90)76(21)51(35-39(7)8)65(91)77(22)53(41(11)12)67(93)79(55)24/h25,27,37-56,81-82H,26,28-36H2,1-24H3,(H,69,84)(H,70,83)(H,71,86)(H,72,85)/b27-25+/t42-,43-,44+,45-,46-,48+,49+,50+,51+,52+,53+,54+,55+,56-/m1/s1. The largest absolute Gasteiger partial charge is 0.449 e. The van der Waals surface area contributed by atoms with Crippen LogP contribution in [0.4, 0.5) is 4.79 Å². The second-order valence-corrected chi connectivity index (χ2v) is 28.5. The molecule has 0 unspecified atom stereocenters. The minimum absolute atomic E-state index is 0.0488. The molecule has 27 heteroatoms. The molecule has 0 aromatic heterocycles. The first-order valence-corrected chi connectivity index (χ1v) is 34.0. The van der Waals surface area contributed by atoms with Crippen molar-refractivity contribution in [2.45, 2.75) is 241 Å². The molecule has 2 aliphatic rings. The number of hydrogen-bond donors (Lipinski definition) is 6. The zero-order chi connectivity index (χ0) is 73.1. The number of likely N-dealkylation sites (tertiary alicyclic amines) is 1. The van der Waals surface area contributed by atoms with Gasteiger partial charge in [-0.05, 0) is 108 Å². The highest BCUT2D eigenvalue weighted by Crippen LogP contribution is 2.26. The Kier molecular flexibility index (Phi) is 33.8. The Morgan fingerprint density at radius 3 is 1.45 bits per heavy atom. The fourth-order valence-electron chi connectivity index (χ4n) is 12.2. The van der Waals surface area contributed by atoms with Gasteiger partial charge in [-0.2, -0.15) is 0 Å². The normalized spacial score (nSPS) is 27.5. The van der Waals surface area contributed by atoms with Gasteiger partial charge in [-0.15, -0.1) is 0 Å². The smallest absolute Gasteiger partial charge is 0.409 e. The van der Waals surface area contributed by atoms with E-state index in [4.69, 9.17) is 4.74 Å². The number of allylic oxidation sites excluding steroid dienone is 2. The number of nitrogens with zero attached hydrogens (tertiary/aromatic N) is 8. The number of aliphatic hydroxyl groups is 2. The van der Waals surface area contributed by atoms with Gasteiger partial charge < -0.3 is 75.4 Å². The third-order valence-corrected chi connectivity index (χ3v) is 18.5. The van der Waals surface area contributed by atoms with Crippen LogP contribution in [0, 0.1) is 41.4 Å². The Bertz CT molecular complexity index is 2660. The van der Waals surface area contributed by atoms with E-state index in [1.807, 2.05) is 41.5 Å². The van der Waals surface area contributed by atoms with Crippen molar-refractivity contribution in [2.75, 3.05) is 69.0 Å². The highest BCUT2D eigenvalue weighted by Gasteiger charge is 2.47. The monoisotopic (exact) mass is 1340 g/mol. The predicted octanol–water partition coefficient (Wildman–Crippen LogP) is 2.84. The van der Waals surface area contributed by atoms with E-state index >= 15 is 24.0 Å². The SMILES string of the molecule is C/C=C/C[C@@H](C)[C@@H](O)[C@H]1C(=O)N[C@@H](CC)C(=O)N(C)[C@H](C)C(=O)N(C)[C@@H]([C@H](C)COC(=O)N2CCC(O)CC2)C(=O)N[C@@H](C(C)C)C(=O)N(C)[C@@H](CC(C)C)C(=O)N[C@@H](C)C(=O)N[C@H](C)C(=O)N(C)[C@@H](CC(C)C)C(=O)N(C)[C@@H](CC(C)C)C(=O)N(C)[C@@H](C(C)C)C(=O)N1C. The number of hydrogen-bond acceptors (Lipinski definition) is 15. The number of rotatable bonds is 16. The maximum absolute atomic E-state index is 15.3. The number of carbonyl (C=O) groups excluding carboxylic acids is 12. The molecule has 2 saturated heterocycles. The van der Waals surface area contributed by atoms with Gasteiger partial charge in [0, 0.05) is 68.3 Å². The molecule has 12 amide bonds. The molecular weight excluding hydrogens is 1220 g/mol. The molecule has 0 saturated carbocycles. The summed E-state index contributed by atoms with van der Waals surface area (Å²) in [6.45, 7) is 28.8. The van der Waals surface area contributed by atoms with Crippen molar-refractivity contribution in [3.8, 4) is 0 Å². The van der Waals surface area contributed by atoms with Gasteiger partial charge in [-0.25, -0.2) is 4.79 Å². The summed E-state index contributed by atoms with van der Waals surface area (Å²) in [6, 6.07) is -14.7. The van der Waals surface area contributed by atoms with Crippen LogP contribution < -0.4 is 21.3 Å². The number of carbonyl (C=O) groups is 12. The van der Waals surface area contributed by atoms with Gasteiger partial charge in [0.05, 0.1) is 18.8 Å². The summed E-state index contributed by atoms with van der Waals surface area (Å²) in [7, 11) is 9.67. The molecule has 2 rings (SSSR count). The number of nitrogens with one attached hydrogen (secondary N) is 4. The zero-order valence-corrected chi connectivity index (χ0v) is 61.6. The Morgan fingerprint density at radius 2 is 0.968 bits per heavy atom. The van der Waals surface area contributed by atoms with Crippen LogP contribution in [0.3, 0.4) is 0 Å². The minimum Gasteiger partial charge on any atom is -0.449 e.